The van der Waals surface area contributed by atoms with E-state index in [1.165, 1.54) is 0 Å². The second-order valence-corrected chi connectivity index (χ2v) is 7.19. The van der Waals surface area contributed by atoms with Crippen molar-refractivity contribution in [2.24, 2.45) is 7.05 Å². The van der Waals surface area contributed by atoms with Crippen molar-refractivity contribution in [2.45, 2.75) is 0 Å². The van der Waals surface area contributed by atoms with Crippen molar-refractivity contribution in [3.8, 4) is 22.4 Å². The molecular weight excluding hydrogens is 372 g/mol. The third kappa shape index (κ3) is 3.26. The van der Waals surface area contributed by atoms with E-state index in [4.69, 9.17) is 0 Å². The summed E-state index contributed by atoms with van der Waals surface area (Å²) in [5.41, 5.74) is 6.43. The predicted octanol–water partition coefficient (Wildman–Crippen LogP) is 5.16. The summed E-state index contributed by atoms with van der Waals surface area (Å²) in [5, 5.41) is 10.8. The van der Waals surface area contributed by atoms with Gasteiger partial charge in [0, 0.05) is 36.1 Å². The van der Waals surface area contributed by atoms with Gasteiger partial charge in [-0.2, -0.15) is 5.10 Å². The number of amides is 1. The molecule has 2 heterocycles. The fourth-order valence-corrected chi connectivity index (χ4v) is 3.65. The minimum Gasteiger partial charge on any atom is -0.346 e. The molecule has 0 fully saturated rings. The van der Waals surface area contributed by atoms with Crippen molar-refractivity contribution in [1.82, 2.24) is 9.78 Å². The fourth-order valence-electron chi connectivity index (χ4n) is 3.65. The fraction of sp³-hybridized carbons (Fsp3) is 0.0400. The highest BCUT2D eigenvalue weighted by Crippen LogP contribution is 2.35. The Hall–Kier alpha value is -4.12. The lowest BCUT2D eigenvalue weighted by atomic mass is 10.0. The molecule has 1 aliphatic rings. The molecule has 4 aromatic rings. The number of nitrogens with one attached hydrogen (secondary N) is 2. The zero-order valence-electron chi connectivity index (χ0n) is 16.5. The lowest BCUT2D eigenvalue weighted by Crippen LogP contribution is -2.06. The van der Waals surface area contributed by atoms with E-state index in [2.05, 4.69) is 27.9 Å². The monoisotopic (exact) mass is 392 g/mol. The van der Waals surface area contributed by atoms with Gasteiger partial charge in [-0.3, -0.25) is 9.48 Å². The first-order valence-corrected chi connectivity index (χ1v) is 9.76. The van der Waals surface area contributed by atoms with Crippen LogP contribution in [0.15, 0.2) is 91.1 Å². The molecule has 146 valence electrons. The van der Waals surface area contributed by atoms with Crippen LogP contribution < -0.4 is 10.6 Å². The summed E-state index contributed by atoms with van der Waals surface area (Å²) in [6.45, 7) is 0. The zero-order chi connectivity index (χ0) is 20.5. The summed E-state index contributed by atoms with van der Waals surface area (Å²) < 4.78 is 1.77. The van der Waals surface area contributed by atoms with Crippen LogP contribution >= 0.6 is 0 Å². The molecule has 0 spiro atoms. The molecular formula is C25H20N4O. The molecule has 0 aliphatic carbocycles. The highest BCUT2D eigenvalue weighted by atomic mass is 16.2. The summed E-state index contributed by atoms with van der Waals surface area (Å²) in [7, 11) is 1.88. The largest absolute Gasteiger partial charge is 0.346 e. The zero-order valence-corrected chi connectivity index (χ0v) is 16.5. The van der Waals surface area contributed by atoms with Crippen LogP contribution in [0.5, 0.6) is 0 Å². The Labute approximate surface area is 174 Å². The molecule has 1 amide bonds. The number of fused-ring (bicyclic) bond motifs is 1. The van der Waals surface area contributed by atoms with Gasteiger partial charge < -0.3 is 10.6 Å². The maximum atomic E-state index is 12.6. The van der Waals surface area contributed by atoms with Gasteiger partial charge in [0.1, 0.15) is 5.82 Å². The van der Waals surface area contributed by atoms with Crippen molar-refractivity contribution in [3.63, 3.8) is 0 Å². The van der Waals surface area contributed by atoms with E-state index in [0.29, 0.717) is 5.57 Å². The summed E-state index contributed by atoms with van der Waals surface area (Å²) >= 11 is 0. The number of nitrogens with zero attached hydrogens (tertiary/aromatic N) is 2. The van der Waals surface area contributed by atoms with Gasteiger partial charge in [0.15, 0.2) is 0 Å². The molecule has 3 aromatic carbocycles. The van der Waals surface area contributed by atoms with E-state index < -0.39 is 0 Å². The van der Waals surface area contributed by atoms with E-state index in [9.17, 15) is 4.79 Å². The van der Waals surface area contributed by atoms with Crippen molar-refractivity contribution < 1.29 is 4.79 Å². The van der Waals surface area contributed by atoms with E-state index in [1.54, 1.807) is 10.9 Å². The predicted molar refractivity (Wildman–Crippen MR) is 121 cm³/mol. The Morgan fingerprint density at radius 1 is 0.867 bits per heavy atom. The lowest BCUT2D eigenvalue weighted by molar-refractivity contribution is -0.110. The van der Waals surface area contributed by atoms with Gasteiger partial charge in [-0.1, -0.05) is 72.8 Å². The van der Waals surface area contributed by atoms with E-state index in [0.717, 1.165) is 39.5 Å². The molecule has 5 rings (SSSR count). The number of carbonyl (C=O) groups excluding carboxylic acids is 1. The number of benzene rings is 3. The van der Waals surface area contributed by atoms with Crippen LogP contribution in [-0.4, -0.2) is 15.7 Å². The maximum absolute atomic E-state index is 12.6. The Balaban J connectivity index is 1.42. The molecule has 0 unspecified atom stereocenters. The van der Waals surface area contributed by atoms with Crippen LogP contribution in [0.3, 0.4) is 0 Å². The van der Waals surface area contributed by atoms with Crippen LogP contribution in [0, 0.1) is 0 Å². The van der Waals surface area contributed by atoms with Gasteiger partial charge in [0.2, 0.25) is 0 Å². The molecule has 1 aliphatic heterocycles. The average Bonchev–Trinajstić information content (AvgIpc) is 3.31. The number of hydrogen-bond acceptors (Lipinski definition) is 3. The van der Waals surface area contributed by atoms with Gasteiger partial charge >= 0.3 is 0 Å². The first-order chi connectivity index (χ1) is 14.7. The first-order valence-electron chi connectivity index (χ1n) is 9.76. The molecule has 0 radical (unpaired) electrons. The average molecular weight is 392 g/mol. The maximum Gasteiger partial charge on any atom is 0.257 e. The molecule has 0 atom stereocenters. The standard InChI is InChI=1S/C25H20N4O/c1-29-24(15-22(28-29)18-10-6-3-7-11-18)26-16-21-20-13-12-19(14-23(20)27-25(21)30)17-8-4-2-5-9-17/h2-16,26H,1H3,(H,27,30)/b21-16-. The van der Waals surface area contributed by atoms with Gasteiger partial charge in [-0.15, -0.1) is 0 Å². The molecule has 30 heavy (non-hydrogen) atoms. The minimum atomic E-state index is -0.117. The quantitative estimate of drug-likeness (QED) is 0.472. The van der Waals surface area contributed by atoms with E-state index in [1.807, 2.05) is 79.8 Å². The Bertz CT molecular complexity index is 1260. The van der Waals surface area contributed by atoms with Crippen LogP contribution in [0.1, 0.15) is 5.56 Å². The first kappa shape index (κ1) is 17.9. The smallest absolute Gasteiger partial charge is 0.257 e. The Morgan fingerprint density at radius 3 is 2.30 bits per heavy atom. The summed E-state index contributed by atoms with van der Waals surface area (Å²) in [4.78, 5) is 12.6. The molecule has 5 heteroatoms. The van der Waals surface area contributed by atoms with Crippen molar-refractivity contribution in [3.05, 3.63) is 96.7 Å². The number of anilines is 2. The normalized spacial score (nSPS) is 13.9. The molecule has 0 saturated heterocycles. The summed E-state index contributed by atoms with van der Waals surface area (Å²) in [6.07, 6.45) is 1.75. The van der Waals surface area contributed by atoms with Crippen molar-refractivity contribution >= 4 is 23.0 Å². The molecule has 2 N–H and O–H groups in total. The number of rotatable bonds is 4. The number of aryl methyl sites for hydroxylation is 1. The summed E-state index contributed by atoms with van der Waals surface area (Å²) in [6, 6.07) is 28.1. The number of aromatic nitrogens is 2. The Morgan fingerprint density at radius 2 is 1.57 bits per heavy atom. The van der Waals surface area contributed by atoms with Gasteiger partial charge in [-0.05, 0) is 17.2 Å². The highest BCUT2D eigenvalue weighted by Gasteiger charge is 2.24. The number of carbonyl (C=O) groups is 1. The molecule has 5 nitrogen and oxygen atoms in total. The second-order valence-electron chi connectivity index (χ2n) is 7.19. The third-order valence-electron chi connectivity index (χ3n) is 5.22. The highest BCUT2D eigenvalue weighted by molar-refractivity contribution is 6.31. The van der Waals surface area contributed by atoms with Crippen molar-refractivity contribution in [2.75, 3.05) is 10.6 Å². The van der Waals surface area contributed by atoms with Crippen LogP contribution in [0.2, 0.25) is 0 Å². The summed E-state index contributed by atoms with van der Waals surface area (Å²) in [5.74, 6) is 0.691. The third-order valence-corrected chi connectivity index (χ3v) is 5.22. The Kier molecular flexibility index (Phi) is 4.41. The minimum absolute atomic E-state index is 0.117. The number of hydrogen-bond donors (Lipinski definition) is 2. The van der Waals surface area contributed by atoms with Crippen LogP contribution in [0.4, 0.5) is 11.5 Å². The lowest BCUT2D eigenvalue weighted by Gasteiger charge is -2.05. The van der Waals surface area contributed by atoms with Gasteiger partial charge in [-0.25, -0.2) is 0 Å². The molecule has 0 saturated carbocycles. The molecule has 0 bridgehead atoms. The molecule has 1 aromatic heterocycles. The second kappa shape index (κ2) is 7.37. The van der Waals surface area contributed by atoms with Crippen molar-refractivity contribution in [1.29, 1.82) is 0 Å². The van der Waals surface area contributed by atoms with E-state index >= 15 is 0 Å². The van der Waals surface area contributed by atoms with Crippen LogP contribution in [0.25, 0.3) is 28.0 Å². The van der Waals surface area contributed by atoms with Gasteiger partial charge in [0.25, 0.3) is 5.91 Å². The van der Waals surface area contributed by atoms with E-state index in [-0.39, 0.29) is 5.91 Å². The van der Waals surface area contributed by atoms with Gasteiger partial charge in [0.05, 0.1) is 11.3 Å². The topological polar surface area (TPSA) is 59.0 Å². The van der Waals surface area contributed by atoms with Crippen LogP contribution in [-0.2, 0) is 11.8 Å². The SMILES string of the molecule is Cn1nc(-c2ccccc2)cc1N/C=C1\C(=O)Nc2cc(-c3ccccc3)ccc21.